The lowest BCUT2D eigenvalue weighted by atomic mass is 10.0. The van der Waals surface area contributed by atoms with Gasteiger partial charge in [0, 0.05) is 18.4 Å². The number of hydrogen-bond acceptors (Lipinski definition) is 3. The molecular formula is C11H12O2S. The Hall–Kier alpha value is -0.960. The summed E-state index contributed by atoms with van der Waals surface area (Å²) in [5.41, 5.74) is 1.93. The Kier molecular flexibility index (Phi) is 2.77. The second-order valence-corrected chi connectivity index (χ2v) is 3.76. The molecule has 0 spiro atoms. The Morgan fingerprint density at radius 1 is 1.50 bits per heavy atom. The first-order valence-electron chi connectivity index (χ1n) is 4.71. The summed E-state index contributed by atoms with van der Waals surface area (Å²) in [6, 6.07) is 5.65. The molecular weight excluding hydrogens is 196 g/mol. The van der Waals surface area contributed by atoms with Gasteiger partial charge in [0.05, 0.1) is 6.61 Å². The summed E-state index contributed by atoms with van der Waals surface area (Å²) in [5.74, 6) is 1.69. The summed E-state index contributed by atoms with van der Waals surface area (Å²) in [6.07, 6.45) is 1.42. The third-order valence-electron chi connectivity index (χ3n) is 2.35. The van der Waals surface area contributed by atoms with E-state index in [0.29, 0.717) is 12.2 Å². The van der Waals surface area contributed by atoms with Gasteiger partial charge in [-0.2, -0.15) is 12.6 Å². The van der Waals surface area contributed by atoms with Crippen LogP contribution in [0.3, 0.4) is 0 Å². The van der Waals surface area contributed by atoms with Crippen LogP contribution in [0.4, 0.5) is 0 Å². The number of fused-ring (bicyclic) bond motifs is 1. The second kappa shape index (κ2) is 4.05. The Morgan fingerprint density at radius 3 is 3.14 bits per heavy atom. The molecule has 1 heterocycles. The fourth-order valence-corrected chi connectivity index (χ4v) is 1.81. The highest BCUT2D eigenvalue weighted by Crippen LogP contribution is 2.26. The van der Waals surface area contributed by atoms with E-state index in [0.717, 1.165) is 29.9 Å². The van der Waals surface area contributed by atoms with Crippen molar-refractivity contribution in [1.29, 1.82) is 0 Å². The number of ketones is 1. The number of carbonyl (C=O) groups excluding carboxylic acids is 1. The molecule has 0 N–H and O–H groups in total. The molecule has 1 aliphatic heterocycles. The number of carbonyl (C=O) groups is 1. The third-order valence-corrected chi connectivity index (χ3v) is 2.57. The fraction of sp³-hybridized carbons (Fsp3) is 0.364. The third kappa shape index (κ3) is 1.77. The molecule has 1 aromatic rings. The van der Waals surface area contributed by atoms with E-state index in [2.05, 4.69) is 12.6 Å². The smallest absolute Gasteiger partial charge is 0.163 e. The van der Waals surface area contributed by atoms with E-state index < -0.39 is 0 Å². The Bertz CT molecular complexity index is 360. The van der Waals surface area contributed by atoms with E-state index in [-0.39, 0.29) is 5.78 Å². The summed E-state index contributed by atoms with van der Waals surface area (Å²) in [5, 5.41) is 0. The minimum atomic E-state index is 0.162. The van der Waals surface area contributed by atoms with Crippen LogP contribution in [0.15, 0.2) is 18.2 Å². The van der Waals surface area contributed by atoms with Gasteiger partial charge in [-0.1, -0.05) is 0 Å². The Labute approximate surface area is 88.7 Å². The number of ether oxygens (including phenoxy) is 1. The quantitative estimate of drug-likeness (QED) is 0.608. The topological polar surface area (TPSA) is 26.3 Å². The number of rotatable bonds is 3. The summed E-state index contributed by atoms with van der Waals surface area (Å²) < 4.78 is 5.37. The minimum absolute atomic E-state index is 0.162. The molecule has 0 amide bonds. The molecule has 0 saturated heterocycles. The van der Waals surface area contributed by atoms with Crippen LogP contribution in [0.2, 0.25) is 0 Å². The first-order chi connectivity index (χ1) is 6.81. The van der Waals surface area contributed by atoms with Crippen molar-refractivity contribution in [2.75, 3.05) is 12.4 Å². The van der Waals surface area contributed by atoms with Crippen LogP contribution in [-0.4, -0.2) is 18.1 Å². The van der Waals surface area contributed by atoms with Crippen molar-refractivity contribution >= 4 is 18.4 Å². The van der Waals surface area contributed by atoms with Gasteiger partial charge in [-0.05, 0) is 29.5 Å². The molecule has 2 nitrogen and oxygen atoms in total. The molecule has 14 heavy (non-hydrogen) atoms. The molecule has 0 fully saturated rings. The monoisotopic (exact) mass is 208 g/mol. The molecule has 3 heteroatoms. The van der Waals surface area contributed by atoms with Gasteiger partial charge in [0.1, 0.15) is 5.75 Å². The molecule has 0 atom stereocenters. The predicted molar refractivity (Wildman–Crippen MR) is 58.4 cm³/mol. The minimum Gasteiger partial charge on any atom is -0.493 e. The molecule has 2 rings (SSSR count). The largest absolute Gasteiger partial charge is 0.493 e. The maximum absolute atomic E-state index is 11.6. The molecule has 74 valence electrons. The van der Waals surface area contributed by atoms with E-state index in [1.165, 1.54) is 0 Å². The van der Waals surface area contributed by atoms with Gasteiger partial charge in [0.15, 0.2) is 5.78 Å². The van der Waals surface area contributed by atoms with Crippen molar-refractivity contribution < 1.29 is 9.53 Å². The van der Waals surface area contributed by atoms with Gasteiger partial charge >= 0.3 is 0 Å². The predicted octanol–water partition coefficient (Wildman–Crippen LogP) is 2.12. The van der Waals surface area contributed by atoms with Crippen LogP contribution in [0.5, 0.6) is 5.75 Å². The van der Waals surface area contributed by atoms with Crippen LogP contribution in [-0.2, 0) is 6.42 Å². The van der Waals surface area contributed by atoms with Crippen molar-refractivity contribution in [2.24, 2.45) is 0 Å². The molecule has 1 aromatic carbocycles. The molecule has 0 saturated carbocycles. The first kappa shape index (κ1) is 9.59. The summed E-state index contributed by atoms with van der Waals surface area (Å²) >= 11 is 4.05. The SMILES string of the molecule is O=C(CCS)c1ccc2c(c1)CCO2. The maximum atomic E-state index is 11.6. The van der Waals surface area contributed by atoms with Crippen molar-refractivity contribution in [3.05, 3.63) is 29.3 Å². The Balaban J connectivity index is 2.24. The summed E-state index contributed by atoms with van der Waals surface area (Å²) in [6.45, 7) is 0.736. The standard InChI is InChI=1S/C11H12O2S/c12-10(4-6-14)8-1-2-11-9(7-8)3-5-13-11/h1-2,7,14H,3-6H2. The van der Waals surface area contributed by atoms with Gasteiger partial charge < -0.3 is 4.74 Å². The number of hydrogen-bond donors (Lipinski definition) is 1. The average Bonchev–Trinajstić information content (AvgIpc) is 2.64. The van der Waals surface area contributed by atoms with Crippen LogP contribution < -0.4 is 4.74 Å². The molecule has 0 unspecified atom stereocenters. The van der Waals surface area contributed by atoms with Crippen molar-refractivity contribution in [3.63, 3.8) is 0 Å². The zero-order chi connectivity index (χ0) is 9.97. The molecule has 0 aromatic heterocycles. The normalized spacial score (nSPS) is 13.5. The van der Waals surface area contributed by atoms with Crippen LogP contribution in [0.1, 0.15) is 22.3 Å². The highest BCUT2D eigenvalue weighted by molar-refractivity contribution is 7.80. The zero-order valence-corrected chi connectivity index (χ0v) is 8.72. The van der Waals surface area contributed by atoms with E-state index >= 15 is 0 Å². The number of Topliss-reactive ketones (excluding diaryl/α,β-unsaturated/α-hetero) is 1. The molecule has 1 aliphatic rings. The van der Waals surface area contributed by atoms with E-state index in [4.69, 9.17) is 4.74 Å². The summed E-state index contributed by atoms with van der Waals surface area (Å²) in [7, 11) is 0. The average molecular weight is 208 g/mol. The van der Waals surface area contributed by atoms with Crippen LogP contribution in [0.25, 0.3) is 0 Å². The van der Waals surface area contributed by atoms with Gasteiger partial charge in [-0.25, -0.2) is 0 Å². The summed E-state index contributed by atoms with van der Waals surface area (Å²) in [4.78, 5) is 11.6. The van der Waals surface area contributed by atoms with E-state index in [1.54, 1.807) is 0 Å². The van der Waals surface area contributed by atoms with Gasteiger partial charge in [-0.15, -0.1) is 0 Å². The lowest BCUT2D eigenvalue weighted by Gasteiger charge is -2.02. The van der Waals surface area contributed by atoms with E-state index in [1.807, 2.05) is 18.2 Å². The van der Waals surface area contributed by atoms with Crippen molar-refractivity contribution in [1.82, 2.24) is 0 Å². The highest BCUT2D eigenvalue weighted by atomic mass is 32.1. The van der Waals surface area contributed by atoms with Crippen LogP contribution in [0, 0.1) is 0 Å². The molecule has 0 bridgehead atoms. The lowest BCUT2D eigenvalue weighted by Crippen LogP contribution is -1.99. The number of thiol groups is 1. The zero-order valence-electron chi connectivity index (χ0n) is 7.82. The van der Waals surface area contributed by atoms with Crippen molar-refractivity contribution in [3.8, 4) is 5.75 Å². The van der Waals surface area contributed by atoms with Gasteiger partial charge in [-0.3, -0.25) is 4.79 Å². The van der Waals surface area contributed by atoms with Gasteiger partial charge in [0.2, 0.25) is 0 Å². The molecule has 0 radical (unpaired) electrons. The van der Waals surface area contributed by atoms with Crippen molar-refractivity contribution in [2.45, 2.75) is 12.8 Å². The number of benzene rings is 1. The second-order valence-electron chi connectivity index (χ2n) is 3.32. The van der Waals surface area contributed by atoms with Crippen LogP contribution >= 0.6 is 12.6 Å². The Morgan fingerprint density at radius 2 is 2.36 bits per heavy atom. The maximum Gasteiger partial charge on any atom is 0.163 e. The lowest BCUT2D eigenvalue weighted by molar-refractivity contribution is 0.0989. The first-order valence-corrected chi connectivity index (χ1v) is 5.34. The van der Waals surface area contributed by atoms with Gasteiger partial charge in [0.25, 0.3) is 0 Å². The highest BCUT2D eigenvalue weighted by Gasteiger charge is 2.14. The fourth-order valence-electron chi connectivity index (χ4n) is 1.61. The molecule has 0 aliphatic carbocycles. The van der Waals surface area contributed by atoms with E-state index in [9.17, 15) is 4.79 Å².